The molecular formula is C19H33IN4O. The summed E-state index contributed by atoms with van der Waals surface area (Å²) >= 11 is 0. The van der Waals surface area contributed by atoms with Gasteiger partial charge in [0.05, 0.1) is 12.7 Å². The lowest BCUT2D eigenvalue weighted by Crippen LogP contribution is -2.48. The standard InChI is InChI=1S/C19H32N4O.HI/c1-5-20-19(22-13-18-14-23(4)9-10-24-18)21-12-16(3)17-8-6-7-15(2)11-17;/h6-8,11,16,18H,5,9-10,12-14H2,1-4H3,(H2,20,21,22);1H. The third-order valence-corrected chi connectivity index (χ3v) is 4.32. The van der Waals surface area contributed by atoms with Crippen molar-refractivity contribution in [3.05, 3.63) is 35.4 Å². The van der Waals surface area contributed by atoms with Crippen LogP contribution in [-0.4, -0.2) is 63.3 Å². The highest BCUT2D eigenvalue weighted by molar-refractivity contribution is 14.0. The molecule has 1 fully saturated rings. The lowest BCUT2D eigenvalue weighted by Gasteiger charge is -2.30. The largest absolute Gasteiger partial charge is 0.374 e. The maximum Gasteiger partial charge on any atom is 0.191 e. The summed E-state index contributed by atoms with van der Waals surface area (Å²) in [6.07, 6.45) is 0.224. The normalized spacial score (nSPS) is 19.8. The number of aliphatic imine (C=N–C) groups is 1. The Morgan fingerprint density at radius 3 is 2.88 bits per heavy atom. The van der Waals surface area contributed by atoms with Gasteiger partial charge in [-0.15, -0.1) is 24.0 Å². The van der Waals surface area contributed by atoms with Crippen LogP contribution in [0.4, 0.5) is 0 Å². The number of hydrogen-bond acceptors (Lipinski definition) is 3. The van der Waals surface area contributed by atoms with Gasteiger partial charge in [0.15, 0.2) is 5.96 Å². The number of ether oxygens (including phenoxy) is 1. The van der Waals surface area contributed by atoms with E-state index in [-0.39, 0.29) is 30.1 Å². The van der Waals surface area contributed by atoms with Gasteiger partial charge in [-0.1, -0.05) is 36.8 Å². The van der Waals surface area contributed by atoms with E-state index in [1.807, 2.05) is 0 Å². The summed E-state index contributed by atoms with van der Waals surface area (Å²) < 4.78 is 5.80. The van der Waals surface area contributed by atoms with Crippen LogP contribution in [0, 0.1) is 6.92 Å². The molecule has 0 spiro atoms. The maximum absolute atomic E-state index is 5.80. The van der Waals surface area contributed by atoms with Gasteiger partial charge in [0.1, 0.15) is 0 Å². The van der Waals surface area contributed by atoms with Crippen molar-refractivity contribution >= 4 is 29.9 Å². The van der Waals surface area contributed by atoms with E-state index >= 15 is 0 Å². The van der Waals surface area contributed by atoms with Crippen LogP contribution in [0.2, 0.25) is 0 Å². The molecule has 0 bridgehead atoms. The molecule has 1 aromatic carbocycles. The molecule has 0 amide bonds. The molecule has 5 nitrogen and oxygen atoms in total. The van der Waals surface area contributed by atoms with E-state index in [1.54, 1.807) is 0 Å². The number of hydrogen-bond donors (Lipinski definition) is 2. The van der Waals surface area contributed by atoms with Crippen molar-refractivity contribution in [1.29, 1.82) is 0 Å². The smallest absolute Gasteiger partial charge is 0.191 e. The Hall–Kier alpha value is -0.860. The summed E-state index contributed by atoms with van der Waals surface area (Å²) in [5.74, 6) is 1.27. The van der Waals surface area contributed by atoms with Crippen LogP contribution in [0.1, 0.15) is 30.9 Å². The van der Waals surface area contributed by atoms with Gasteiger partial charge in [0.2, 0.25) is 0 Å². The lowest BCUT2D eigenvalue weighted by atomic mass is 10.00. The van der Waals surface area contributed by atoms with Crippen LogP contribution >= 0.6 is 24.0 Å². The molecule has 0 aromatic heterocycles. The zero-order valence-corrected chi connectivity index (χ0v) is 18.2. The summed E-state index contributed by atoms with van der Waals surface area (Å²) in [5.41, 5.74) is 2.64. The van der Waals surface area contributed by atoms with E-state index in [0.29, 0.717) is 5.92 Å². The summed E-state index contributed by atoms with van der Waals surface area (Å²) in [6, 6.07) is 8.67. The van der Waals surface area contributed by atoms with Crippen molar-refractivity contribution in [2.45, 2.75) is 32.8 Å². The second-order valence-corrected chi connectivity index (χ2v) is 6.67. The second-order valence-electron chi connectivity index (χ2n) is 6.67. The van der Waals surface area contributed by atoms with Gasteiger partial charge in [-0.05, 0) is 26.5 Å². The molecule has 142 valence electrons. The lowest BCUT2D eigenvalue weighted by molar-refractivity contribution is -0.0161. The molecule has 2 unspecified atom stereocenters. The molecule has 1 saturated heterocycles. The Morgan fingerprint density at radius 2 is 2.20 bits per heavy atom. The van der Waals surface area contributed by atoms with Gasteiger partial charge in [-0.25, -0.2) is 0 Å². The third kappa shape index (κ3) is 7.92. The maximum atomic E-state index is 5.80. The van der Waals surface area contributed by atoms with Crippen molar-refractivity contribution in [1.82, 2.24) is 15.5 Å². The number of benzene rings is 1. The Balaban J connectivity index is 0.00000312. The first-order valence-electron chi connectivity index (χ1n) is 8.97. The molecule has 1 heterocycles. The van der Waals surface area contributed by atoms with Gasteiger partial charge in [0.25, 0.3) is 0 Å². The number of rotatable bonds is 6. The zero-order chi connectivity index (χ0) is 17.4. The highest BCUT2D eigenvalue weighted by Crippen LogP contribution is 2.16. The molecule has 0 radical (unpaired) electrons. The summed E-state index contributed by atoms with van der Waals surface area (Å²) in [6.45, 7) is 11.6. The van der Waals surface area contributed by atoms with Crippen LogP contribution in [0.25, 0.3) is 0 Å². The molecule has 2 atom stereocenters. The summed E-state index contributed by atoms with van der Waals surface area (Å²) in [7, 11) is 2.14. The van der Waals surface area contributed by atoms with Crippen LogP contribution in [0.5, 0.6) is 0 Å². The average Bonchev–Trinajstić information content (AvgIpc) is 2.57. The van der Waals surface area contributed by atoms with Gasteiger partial charge >= 0.3 is 0 Å². The van der Waals surface area contributed by atoms with E-state index in [4.69, 9.17) is 9.73 Å². The van der Waals surface area contributed by atoms with Crippen LogP contribution in [0.15, 0.2) is 29.3 Å². The van der Waals surface area contributed by atoms with E-state index in [9.17, 15) is 0 Å². The minimum Gasteiger partial charge on any atom is -0.374 e. The molecule has 25 heavy (non-hydrogen) atoms. The topological polar surface area (TPSA) is 48.9 Å². The number of likely N-dealkylation sites (N-methyl/N-ethyl adjacent to an activating group) is 1. The highest BCUT2D eigenvalue weighted by Gasteiger charge is 2.17. The summed E-state index contributed by atoms with van der Waals surface area (Å²) in [5, 5.41) is 6.74. The van der Waals surface area contributed by atoms with E-state index < -0.39 is 0 Å². The zero-order valence-electron chi connectivity index (χ0n) is 15.9. The molecule has 0 aliphatic carbocycles. The molecular weight excluding hydrogens is 427 g/mol. The highest BCUT2D eigenvalue weighted by atomic mass is 127. The van der Waals surface area contributed by atoms with E-state index in [1.165, 1.54) is 11.1 Å². The van der Waals surface area contributed by atoms with E-state index in [2.05, 4.69) is 67.6 Å². The van der Waals surface area contributed by atoms with Crippen LogP contribution in [-0.2, 0) is 4.74 Å². The van der Waals surface area contributed by atoms with Crippen molar-refractivity contribution in [3.8, 4) is 0 Å². The fourth-order valence-electron chi connectivity index (χ4n) is 2.85. The third-order valence-electron chi connectivity index (χ3n) is 4.32. The van der Waals surface area contributed by atoms with E-state index in [0.717, 1.165) is 45.3 Å². The van der Waals surface area contributed by atoms with Crippen LogP contribution in [0.3, 0.4) is 0 Å². The number of morpholine rings is 1. The first-order valence-corrected chi connectivity index (χ1v) is 8.97. The quantitative estimate of drug-likeness (QED) is 0.390. The second kappa shape index (κ2) is 11.7. The number of nitrogens with zero attached hydrogens (tertiary/aromatic N) is 2. The van der Waals surface area contributed by atoms with Gasteiger partial charge in [0, 0.05) is 38.6 Å². The number of aryl methyl sites for hydroxylation is 1. The Morgan fingerprint density at radius 1 is 1.40 bits per heavy atom. The van der Waals surface area contributed by atoms with Crippen molar-refractivity contribution in [2.24, 2.45) is 4.99 Å². The minimum absolute atomic E-state index is 0. The van der Waals surface area contributed by atoms with Crippen molar-refractivity contribution < 1.29 is 4.74 Å². The monoisotopic (exact) mass is 460 g/mol. The predicted molar refractivity (Wildman–Crippen MR) is 116 cm³/mol. The fraction of sp³-hybridized carbons (Fsp3) is 0.632. The number of halogens is 1. The van der Waals surface area contributed by atoms with Crippen molar-refractivity contribution in [2.75, 3.05) is 46.4 Å². The van der Waals surface area contributed by atoms with Crippen LogP contribution < -0.4 is 10.6 Å². The van der Waals surface area contributed by atoms with Gasteiger partial charge in [-0.3, -0.25) is 4.99 Å². The first-order chi connectivity index (χ1) is 11.6. The molecule has 1 aliphatic rings. The molecule has 6 heteroatoms. The Kier molecular flexibility index (Phi) is 10.4. The number of guanidine groups is 1. The Labute approximate surface area is 169 Å². The molecule has 2 N–H and O–H groups in total. The first kappa shape index (κ1) is 22.2. The van der Waals surface area contributed by atoms with Gasteiger partial charge in [-0.2, -0.15) is 0 Å². The average molecular weight is 460 g/mol. The molecule has 0 saturated carbocycles. The fourth-order valence-corrected chi connectivity index (χ4v) is 2.85. The molecule has 1 aliphatic heterocycles. The minimum atomic E-state index is 0. The van der Waals surface area contributed by atoms with Crippen molar-refractivity contribution in [3.63, 3.8) is 0 Å². The Bertz CT molecular complexity index is 538. The molecule has 1 aromatic rings. The van der Waals surface area contributed by atoms with Gasteiger partial charge < -0.3 is 20.3 Å². The molecule has 2 rings (SSSR count). The number of nitrogens with one attached hydrogen (secondary N) is 2. The summed E-state index contributed by atoms with van der Waals surface area (Å²) in [4.78, 5) is 7.05. The SMILES string of the molecule is CCNC(=NCC(C)c1cccc(C)c1)NCC1CN(C)CCO1.I. The predicted octanol–water partition coefficient (Wildman–Crippen LogP) is 2.60.